The summed E-state index contributed by atoms with van der Waals surface area (Å²) < 4.78 is 12.7. The average Bonchev–Trinajstić information content (AvgIpc) is 2.30. The number of benzene rings is 1. The van der Waals surface area contributed by atoms with Crippen LogP contribution in [-0.4, -0.2) is 10.8 Å². The zero-order valence-electron chi connectivity index (χ0n) is 8.35. The summed E-state index contributed by atoms with van der Waals surface area (Å²) in [6.45, 7) is 0. The van der Waals surface area contributed by atoms with E-state index in [0.29, 0.717) is 16.8 Å². The lowest BCUT2D eigenvalue weighted by Crippen LogP contribution is -2.05. The Labute approximate surface area is 91.7 Å². The third-order valence-corrected chi connectivity index (χ3v) is 2.20. The molecule has 0 bridgehead atoms. The van der Waals surface area contributed by atoms with E-state index in [4.69, 9.17) is 5.73 Å². The number of pyridine rings is 1. The normalized spacial score (nSPS) is 10.1. The van der Waals surface area contributed by atoms with Crippen LogP contribution in [0, 0.1) is 5.82 Å². The Morgan fingerprint density at radius 3 is 2.50 bits per heavy atom. The van der Waals surface area contributed by atoms with Gasteiger partial charge in [0.25, 0.3) is 0 Å². The summed E-state index contributed by atoms with van der Waals surface area (Å²) in [6, 6.07) is 6.88. The van der Waals surface area contributed by atoms with Crippen molar-refractivity contribution in [3.8, 4) is 0 Å². The number of hydrogen-bond acceptors (Lipinski definition) is 3. The van der Waals surface area contributed by atoms with Gasteiger partial charge in [0.1, 0.15) is 5.82 Å². The van der Waals surface area contributed by atoms with Crippen molar-refractivity contribution in [2.45, 2.75) is 0 Å². The Hall–Kier alpha value is -2.23. The summed E-state index contributed by atoms with van der Waals surface area (Å²) in [4.78, 5) is 15.7. The number of halogens is 1. The van der Waals surface area contributed by atoms with E-state index in [-0.39, 0.29) is 11.6 Å². The van der Waals surface area contributed by atoms with Crippen molar-refractivity contribution in [1.29, 1.82) is 0 Å². The van der Waals surface area contributed by atoms with Crippen molar-refractivity contribution in [3.63, 3.8) is 0 Å². The van der Waals surface area contributed by atoms with Gasteiger partial charge in [-0.3, -0.25) is 9.78 Å². The van der Waals surface area contributed by atoms with Crippen molar-refractivity contribution < 1.29 is 9.18 Å². The zero-order valence-corrected chi connectivity index (χ0v) is 8.35. The fourth-order valence-electron chi connectivity index (χ4n) is 1.37. The molecule has 0 fully saturated rings. The van der Waals surface area contributed by atoms with Crippen LogP contribution in [0.3, 0.4) is 0 Å². The molecule has 1 heterocycles. The van der Waals surface area contributed by atoms with Crippen molar-refractivity contribution >= 4 is 11.5 Å². The van der Waals surface area contributed by atoms with E-state index >= 15 is 0 Å². The summed E-state index contributed by atoms with van der Waals surface area (Å²) >= 11 is 0. The molecule has 0 saturated carbocycles. The molecule has 0 saturated heterocycles. The number of carbonyl (C=O) groups is 1. The first-order chi connectivity index (χ1) is 7.68. The maximum atomic E-state index is 12.7. The molecule has 0 unspecified atom stereocenters. The first kappa shape index (κ1) is 10.3. The van der Waals surface area contributed by atoms with Crippen LogP contribution in [-0.2, 0) is 0 Å². The molecular weight excluding hydrogens is 207 g/mol. The molecule has 3 nitrogen and oxygen atoms in total. The second-order valence-electron chi connectivity index (χ2n) is 3.30. The predicted octanol–water partition coefficient (Wildman–Crippen LogP) is 2.03. The van der Waals surface area contributed by atoms with Crippen molar-refractivity contribution in [1.82, 2.24) is 4.98 Å². The van der Waals surface area contributed by atoms with Gasteiger partial charge >= 0.3 is 0 Å². The molecular formula is C12H9FN2O. The molecule has 0 spiro atoms. The minimum atomic E-state index is -0.376. The standard InChI is InChI=1S/C12H9FN2O/c13-9-3-1-8(2-4-9)12(16)10-5-6-15-7-11(10)14/h1-7H,14H2. The molecule has 1 aromatic carbocycles. The second kappa shape index (κ2) is 4.10. The number of carbonyl (C=O) groups excluding carboxylic acids is 1. The van der Waals surface area contributed by atoms with Gasteiger partial charge in [-0.25, -0.2) is 4.39 Å². The maximum Gasteiger partial charge on any atom is 0.195 e. The first-order valence-electron chi connectivity index (χ1n) is 4.68. The largest absolute Gasteiger partial charge is 0.397 e. The fraction of sp³-hybridized carbons (Fsp3) is 0. The summed E-state index contributed by atoms with van der Waals surface area (Å²) in [6.07, 6.45) is 2.91. The summed E-state index contributed by atoms with van der Waals surface area (Å²) in [5.74, 6) is -0.612. The monoisotopic (exact) mass is 216 g/mol. The molecule has 0 atom stereocenters. The van der Waals surface area contributed by atoms with E-state index in [1.807, 2.05) is 0 Å². The molecule has 2 N–H and O–H groups in total. The number of aromatic nitrogens is 1. The molecule has 0 aliphatic rings. The average molecular weight is 216 g/mol. The molecule has 0 aliphatic heterocycles. The number of hydrogen-bond donors (Lipinski definition) is 1. The highest BCUT2D eigenvalue weighted by molar-refractivity contribution is 6.11. The number of nitrogens with zero attached hydrogens (tertiary/aromatic N) is 1. The third kappa shape index (κ3) is 1.91. The van der Waals surface area contributed by atoms with Crippen LogP contribution >= 0.6 is 0 Å². The van der Waals surface area contributed by atoms with Gasteiger partial charge in [0.05, 0.1) is 11.9 Å². The smallest absolute Gasteiger partial charge is 0.195 e. The molecule has 1 aromatic heterocycles. The Balaban J connectivity index is 2.40. The molecule has 0 amide bonds. The summed E-state index contributed by atoms with van der Waals surface area (Å²) in [5.41, 5.74) is 6.73. The van der Waals surface area contributed by atoms with Crippen LogP contribution < -0.4 is 5.73 Å². The lowest BCUT2D eigenvalue weighted by Gasteiger charge is -2.03. The summed E-state index contributed by atoms with van der Waals surface area (Å²) in [5, 5.41) is 0. The molecule has 16 heavy (non-hydrogen) atoms. The molecule has 0 aliphatic carbocycles. The number of anilines is 1. The van der Waals surface area contributed by atoms with Gasteiger partial charge in [-0.1, -0.05) is 0 Å². The van der Waals surface area contributed by atoms with E-state index in [2.05, 4.69) is 4.98 Å². The number of nitrogens with two attached hydrogens (primary N) is 1. The Morgan fingerprint density at radius 1 is 1.19 bits per heavy atom. The van der Waals surface area contributed by atoms with Gasteiger partial charge in [0.15, 0.2) is 5.78 Å². The van der Waals surface area contributed by atoms with E-state index in [1.54, 1.807) is 6.07 Å². The minimum absolute atomic E-state index is 0.236. The third-order valence-electron chi connectivity index (χ3n) is 2.20. The summed E-state index contributed by atoms with van der Waals surface area (Å²) in [7, 11) is 0. The van der Waals surface area contributed by atoms with Gasteiger partial charge in [-0.05, 0) is 30.3 Å². The molecule has 4 heteroatoms. The Kier molecular flexibility index (Phi) is 2.64. The Bertz CT molecular complexity index is 523. The second-order valence-corrected chi connectivity index (χ2v) is 3.30. The van der Waals surface area contributed by atoms with E-state index < -0.39 is 0 Å². The molecule has 80 valence electrons. The molecule has 0 radical (unpaired) electrons. The van der Waals surface area contributed by atoms with Gasteiger partial charge in [-0.2, -0.15) is 0 Å². The van der Waals surface area contributed by atoms with Crippen LogP contribution in [0.4, 0.5) is 10.1 Å². The van der Waals surface area contributed by atoms with Crippen LogP contribution in [0.2, 0.25) is 0 Å². The number of rotatable bonds is 2. The van der Waals surface area contributed by atoms with Gasteiger partial charge < -0.3 is 5.73 Å². The van der Waals surface area contributed by atoms with E-state index in [0.717, 1.165) is 0 Å². The first-order valence-corrected chi connectivity index (χ1v) is 4.68. The quantitative estimate of drug-likeness (QED) is 0.781. The van der Waals surface area contributed by atoms with Crippen molar-refractivity contribution in [2.75, 3.05) is 5.73 Å². The maximum absolute atomic E-state index is 12.7. The van der Waals surface area contributed by atoms with Gasteiger partial charge in [0.2, 0.25) is 0 Å². The minimum Gasteiger partial charge on any atom is -0.397 e. The molecule has 2 rings (SSSR count). The van der Waals surface area contributed by atoms with Crippen LogP contribution in [0.5, 0.6) is 0 Å². The Morgan fingerprint density at radius 2 is 1.88 bits per heavy atom. The van der Waals surface area contributed by atoms with Crippen molar-refractivity contribution in [3.05, 3.63) is 59.7 Å². The van der Waals surface area contributed by atoms with Crippen LogP contribution in [0.15, 0.2) is 42.7 Å². The molecule has 2 aromatic rings. The SMILES string of the molecule is Nc1cnccc1C(=O)c1ccc(F)cc1. The lowest BCUT2D eigenvalue weighted by atomic mass is 10.0. The predicted molar refractivity (Wildman–Crippen MR) is 58.5 cm³/mol. The number of ketones is 1. The number of nitrogen functional groups attached to an aromatic ring is 1. The topological polar surface area (TPSA) is 56.0 Å². The van der Waals surface area contributed by atoms with E-state index in [9.17, 15) is 9.18 Å². The van der Waals surface area contributed by atoms with Gasteiger partial charge in [-0.15, -0.1) is 0 Å². The zero-order chi connectivity index (χ0) is 11.5. The highest BCUT2D eigenvalue weighted by atomic mass is 19.1. The lowest BCUT2D eigenvalue weighted by molar-refractivity contribution is 0.103. The highest BCUT2D eigenvalue weighted by Gasteiger charge is 2.11. The van der Waals surface area contributed by atoms with Crippen molar-refractivity contribution in [2.24, 2.45) is 0 Å². The van der Waals surface area contributed by atoms with E-state index in [1.165, 1.54) is 36.7 Å². The van der Waals surface area contributed by atoms with Crippen LogP contribution in [0.1, 0.15) is 15.9 Å². The fourth-order valence-corrected chi connectivity index (χ4v) is 1.37. The van der Waals surface area contributed by atoms with Crippen LogP contribution in [0.25, 0.3) is 0 Å². The highest BCUT2D eigenvalue weighted by Crippen LogP contribution is 2.15. The van der Waals surface area contributed by atoms with Gasteiger partial charge in [0, 0.05) is 17.3 Å².